The zero-order valence-corrected chi connectivity index (χ0v) is 16.9. The Morgan fingerprint density at radius 3 is 1.67 bits per heavy atom. The fourth-order valence-corrected chi connectivity index (χ4v) is 2.31. The molecule has 0 spiro atoms. The third-order valence-electron chi connectivity index (χ3n) is 3.82. The molecule has 0 aromatic carbocycles. The first-order chi connectivity index (χ1) is 13.7. The second-order valence-corrected chi connectivity index (χ2v) is 7.12. The van der Waals surface area contributed by atoms with Crippen molar-refractivity contribution in [3.05, 3.63) is 0 Å². The summed E-state index contributed by atoms with van der Waals surface area (Å²) in [7, 11) is 0. The molecule has 0 fully saturated rings. The first-order valence-electron chi connectivity index (χ1n) is 9.07. The number of carboxylic acid groups (broad SMARTS) is 3. The average molecular weight is 432 g/mol. The highest BCUT2D eigenvalue weighted by molar-refractivity contribution is 5.95. The molecule has 13 nitrogen and oxygen atoms in total. The molecule has 0 aromatic heterocycles. The number of nitrogens with one attached hydrogen (secondary N) is 3. The van der Waals surface area contributed by atoms with E-state index in [-0.39, 0.29) is 12.3 Å². The van der Waals surface area contributed by atoms with Crippen LogP contribution in [0.25, 0.3) is 0 Å². The van der Waals surface area contributed by atoms with Gasteiger partial charge in [0.1, 0.15) is 18.1 Å². The van der Waals surface area contributed by atoms with Crippen molar-refractivity contribution < 1.29 is 44.1 Å². The van der Waals surface area contributed by atoms with E-state index in [0.717, 1.165) is 0 Å². The van der Waals surface area contributed by atoms with Crippen molar-refractivity contribution >= 4 is 35.6 Å². The first kappa shape index (κ1) is 26.8. The largest absolute Gasteiger partial charge is 0.481 e. The van der Waals surface area contributed by atoms with Gasteiger partial charge >= 0.3 is 17.9 Å². The molecular formula is C17H28N4O9. The van der Waals surface area contributed by atoms with Crippen molar-refractivity contribution in [1.29, 1.82) is 0 Å². The van der Waals surface area contributed by atoms with E-state index in [1.807, 2.05) is 5.32 Å². The van der Waals surface area contributed by atoms with Gasteiger partial charge in [-0.1, -0.05) is 13.8 Å². The topological polar surface area (TPSA) is 225 Å². The van der Waals surface area contributed by atoms with Gasteiger partial charge in [-0.15, -0.1) is 0 Å². The van der Waals surface area contributed by atoms with Crippen molar-refractivity contribution in [3.8, 4) is 0 Å². The first-order valence-corrected chi connectivity index (χ1v) is 9.07. The van der Waals surface area contributed by atoms with Crippen LogP contribution in [-0.4, -0.2) is 75.1 Å². The summed E-state index contributed by atoms with van der Waals surface area (Å²) in [6.45, 7) is 4.78. The van der Waals surface area contributed by atoms with E-state index in [1.54, 1.807) is 13.8 Å². The van der Waals surface area contributed by atoms with Gasteiger partial charge in [0.05, 0.1) is 18.9 Å². The zero-order chi connectivity index (χ0) is 23.6. The fourth-order valence-electron chi connectivity index (χ4n) is 2.31. The Morgan fingerprint density at radius 1 is 0.733 bits per heavy atom. The van der Waals surface area contributed by atoms with Gasteiger partial charge < -0.3 is 37.0 Å². The summed E-state index contributed by atoms with van der Waals surface area (Å²) in [4.78, 5) is 69.1. The normalized spacial score (nSPS) is 14.7. The summed E-state index contributed by atoms with van der Waals surface area (Å²) in [6.07, 6.45) is -1.33. The third kappa shape index (κ3) is 10.4. The Bertz CT molecular complexity index is 680. The second kappa shape index (κ2) is 12.4. The highest BCUT2D eigenvalue weighted by Crippen LogP contribution is 2.06. The quantitative estimate of drug-likeness (QED) is 0.167. The molecule has 0 saturated carbocycles. The van der Waals surface area contributed by atoms with Crippen LogP contribution >= 0.6 is 0 Å². The van der Waals surface area contributed by atoms with Crippen molar-refractivity contribution in [1.82, 2.24) is 16.0 Å². The molecule has 170 valence electrons. The third-order valence-corrected chi connectivity index (χ3v) is 3.82. The minimum atomic E-state index is -1.69. The lowest BCUT2D eigenvalue weighted by Gasteiger charge is -2.24. The maximum absolute atomic E-state index is 12.5. The molecule has 0 saturated heterocycles. The van der Waals surface area contributed by atoms with Gasteiger partial charge in [0, 0.05) is 0 Å². The van der Waals surface area contributed by atoms with Crippen LogP contribution in [0.2, 0.25) is 0 Å². The molecule has 0 aliphatic carbocycles. The SMILES string of the molecule is CC(C)CC(NC(=O)C(N)CC(=O)O)C(=O)NC(C)C(=O)NC(CC(=O)O)C(=O)O. The number of hydrogen-bond acceptors (Lipinski definition) is 7. The number of nitrogens with two attached hydrogens (primary N) is 1. The molecule has 0 bridgehead atoms. The summed E-state index contributed by atoms with van der Waals surface area (Å²) in [5.41, 5.74) is 5.48. The van der Waals surface area contributed by atoms with Gasteiger partial charge in [0.15, 0.2) is 0 Å². The predicted molar refractivity (Wildman–Crippen MR) is 101 cm³/mol. The number of rotatable bonds is 13. The van der Waals surface area contributed by atoms with Gasteiger partial charge in [0.25, 0.3) is 0 Å². The Balaban J connectivity index is 5.09. The molecule has 30 heavy (non-hydrogen) atoms. The van der Waals surface area contributed by atoms with Crippen molar-refractivity contribution in [2.24, 2.45) is 11.7 Å². The molecule has 3 amide bonds. The Hall–Kier alpha value is -3.22. The smallest absolute Gasteiger partial charge is 0.326 e. The molecule has 0 heterocycles. The molecular weight excluding hydrogens is 404 g/mol. The van der Waals surface area contributed by atoms with Crippen molar-refractivity contribution in [2.75, 3.05) is 0 Å². The average Bonchev–Trinajstić information content (AvgIpc) is 2.58. The monoisotopic (exact) mass is 432 g/mol. The highest BCUT2D eigenvalue weighted by Gasteiger charge is 2.29. The van der Waals surface area contributed by atoms with Crippen LogP contribution in [0.4, 0.5) is 0 Å². The lowest BCUT2D eigenvalue weighted by molar-refractivity contribution is -0.147. The Kier molecular flexibility index (Phi) is 11.0. The van der Waals surface area contributed by atoms with E-state index in [0.29, 0.717) is 0 Å². The summed E-state index contributed by atoms with van der Waals surface area (Å²) < 4.78 is 0. The molecule has 13 heteroatoms. The van der Waals surface area contributed by atoms with E-state index < -0.39 is 72.6 Å². The van der Waals surface area contributed by atoms with Crippen molar-refractivity contribution in [2.45, 2.75) is 64.2 Å². The molecule has 0 aromatic rings. The Labute approximate surface area is 172 Å². The van der Waals surface area contributed by atoms with Crippen LogP contribution in [0.15, 0.2) is 0 Å². The number of carbonyl (C=O) groups is 6. The lowest BCUT2D eigenvalue weighted by atomic mass is 10.0. The lowest BCUT2D eigenvalue weighted by Crippen LogP contribution is -2.56. The molecule has 4 unspecified atom stereocenters. The molecule has 8 N–H and O–H groups in total. The van der Waals surface area contributed by atoms with Crippen molar-refractivity contribution in [3.63, 3.8) is 0 Å². The molecule has 4 atom stereocenters. The number of carboxylic acids is 3. The van der Waals surface area contributed by atoms with E-state index in [4.69, 9.17) is 21.1 Å². The standard InChI is InChI=1S/C17H28N4O9/c1-7(2)4-10(20-15(27)9(18)5-12(22)23)16(28)19-8(3)14(26)21-11(17(29)30)6-13(24)25/h7-11H,4-6,18H2,1-3H3,(H,19,28)(H,20,27)(H,21,26)(H,22,23)(H,24,25)(H,29,30). The van der Waals surface area contributed by atoms with Gasteiger partial charge in [0.2, 0.25) is 17.7 Å². The minimum Gasteiger partial charge on any atom is -0.481 e. The predicted octanol–water partition coefficient (Wildman–Crippen LogP) is -2.13. The maximum atomic E-state index is 12.5. The van der Waals surface area contributed by atoms with E-state index in [2.05, 4.69) is 10.6 Å². The minimum absolute atomic E-state index is 0.0622. The van der Waals surface area contributed by atoms with Crippen LogP contribution in [0, 0.1) is 5.92 Å². The number of aliphatic carboxylic acids is 3. The maximum Gasteiger partial charge on any atom is 0.326 e. The van der Waals surface area contributed by atoms with Gasteiger partial charge in [-0.2, -0.15) is 0 Å². The van der Waals surface area contributed by atoms with Gasteiger partial charge in [-0.3, -0.25) is 24.0 Å². The molecule has 0 rings (SSSR count). The van der Waals surface area contributed by atoms with Crippen LogP contribution in [0.1, 0.15) is 40.0 Å². The second-order valence-electron chi connectivity index (χ2n) is 7.12. The zero-order valence-electron chi connectivity index (χ0n) is 16.9. The van der Waals surface area contributed by atoms with E-state index in [1.165, 1.54) is 6.92 Å². The summed E-state index contributed by atoms with van der Waals surface area (Å²) in [5.74, 6) is -6.90. The number of carbonyl (C=O) groups excluding carboxylic acids is 3. The van der Waals surface area contributed by atoms with E-state index in [9.17, 15) is 28.8 Å². The number of amides is 3. The summed E-state index contributed by atoms with van der Waals surface area (Å²) >= 11 is 0. The van der Waals surface area contributed by atoms with E-state index >= 15 is 0 Å². The summed E-state index contributed by atoms with van der Waals surface area (Å²) in [5, 5.41) is 33.0. The summed E-state index contributed by atoms with van der Waals surface area (Å²) in [6, 6.07) is -5.43. The molecule has 0 radical (unpaired) electrons. The van der Waals surface area contributed by atoms with Crippen LogP contribution in [0.3, 0.4) is 0 Å². The highest BCUT2D eigenvalue weighted by atomic mass is 16.4. The van der Waals surface area contributed by atoms with Gasteiger partial charge in [-0.05, 0) is 19.3 Å². The van der Waals surface area contributed by atoms with Crippen LogP contribution < -0.4 is 21.7 Å². The van der Waals surface area contributed by atoms with Crippen LogP contribution in [-0.2, 0) is 28.8 Å². The number of hydrogen-bond donors (Lipinski definition) is 7. The van der Waals surface area contributed by atoms with Gasteiger partial charge in [-0.25, -0.2) is 4.79 Å². The fraction of sp³-hybridized carbons (Fsp3) is 0.647. The van der Waals surface area contributed by atoms with Crippen LogP contribution in [0.5, 0.6) is 0 Å². The Morgan fingerprint density at radius 2 is 1.23 bits per heavy atom. The molecule has 0 aliphatic rings. The molecule has 0 aliphatic heterocycles.